The summed E-state index contributed by atoms with van der Waals surface area (Å²) in [6.45, 7) is 1.34. The zero-order chi connectivity index (χ0) is 13.6. The van der Waals surface area contributed by atoms with E-state index in [0.717, 1.165) is 36.0 Å². The molecule has 2 bridgehead atoms. The van der Waals surface area contributed by atoms with E-state index < -0.39 is 10.5 Å². The van der Waals surface area contributed by atoms with Crippen molar-refractivity contribution < 1.29 is 13.2 Å². The molecule has 107 valence electrons. The number of hydrogen-bond acceptors (Lipinski definition) is 0. The van der Waals surface area contributed by atoms with Crippen LogP contribution >= 0.6 is 0 Å². The van der Waals surface area contributed by atoms with Crippen molar-refractivity contribution in [1.82, 2.24) is 0 Å². The van der Waals surface area contributed by atoms with Gasteiger partial charge in [0.25, 0.3) is 0 Å². The first-order valence-corrected chi connectivity index (χ1v) is 8.42. The summed E-state index contributed by atoms with van der Waals surface area (Å²) in [6, 6.07) is 0. The van der Waals surface area contributed by atoms with E-state index in [4.69, 9.17) is 0 Å². The summed E-state index contributed by atoms with van der Waals surface area (Å²) < 4.78 is 37.5. The zero-order valence-electron chi connectivity index (χ0n) is 11.1. The molecule has 0 heterocycles. The van der Waals surface area contributed by atoms with Gasteiger partial charge in [0.1, 0.15) is 0 Å². The molecule has 0 aromatic carbocycles. The molecular weight excluding hydrogens is 316 g/mol. The van der Waals surface area contributed by atoms with Gasteiger partial charge in [0, 0.05) is 0 Å². The van der Waals surface area contributed by atoms with Gasteiger partial charge in [0.2, 0.25) is 0 Å². The molecule has 4 aliphatic carbocycles. The number of rotatable bonds is 2. The molecule has 4 saturated carbocycles. The van der Waals surface area contributed by atoms with Crippen LogP contribution in [0.5, 0.6) is 0 Å². The fraction of sp³-hybridized carbons (Fsp3) is 1.00. The molecule has 4 rings (SSSR count). The zero-order valence-corrected chi connectivity index (χ0v) is 12.8. The second-order valence-electron chi connectivity index (χ2n) is 7.65. The van der Waals surface area contributed by atoms with Crippen LogP contribution in [0.15, 0.2) is 0 Å². The maximum atomic E-state index is 13.0. The van der Waals surface area contributed by atoms with Gasteiger partial charge >= 0.3 is 120 Å². The molecule has 4 fully saturated rings. The van der Waals surface area contributed by atoms with Gasteiger partial charge < -0.3 is 0 Å². The Morgan fingerprint density at radius 3 is 2.21 bits per heavy atom. The number of hydrogen-bond donors (Lipinski definition) is 0. The van der Waals surface area contributed by atoms with Gasteiger partial charge in [-0.05, 0) is 0 Å². The van der Waals surface area contributed by atoms with Crippen molar-refractivity contribution in [3.05, 3.63) is 0 Å². The molecule has 19 heavy (non-hydrogen) atoms. The molecule has 0 amide bonds. The Hall–Kier alpha value is 0.309. The van der Waals surface area contributed by atoms with Gasteiger partial charge in [-0.15, -0.1) is 0 Å². The predicted octanol–water partition coefficient (Wildman–Crippen LogP) is 4.21. The van der Waals surface area contributed by atoms with E-state index in [0.29, 0.717) is 18.3 Å². The van der Waals surface area contributed by atoms with E-state index in [9.17, 15) is 13.2 Å². The summed E-state index contributed by atoms with van der Waals surface area (Å²) in [7, 11) is 0. The summed E-state index contributed by atoms with van der Waals surface area (Å²) in [5.41, 5.74) is 0. The standard InChI is InChI=1S/C15H20F3Se/c1-14(19,15(16,17)18)6-8-4-7-5-11(8)13-10-3-2-9(10)12(7)13/h7-13H,2-6H2,1H3. The Balaban J connectivity index is 1.48. The minimum atomic E-state index is -4.10. The van der Waals surface area contributed by atoms with Crippen LogP contribution in [0.25, 0.3) is 0 Å². The third kappa shape index (κ3) is 1.59. The SMILES string of the molecule is CC([Se])(CC1CC2CC1C1C3CCC3C21)C(F)(F)F. The summed E-state index contributed by atoms with van der Waals surface area (Å²) in [4.78, 5) is 0. The van der Waals surface area contributed by atoms with Crippen molar-refractivity contribution in [3.63, 3.8) is 0 Å². The van der Waals surface area contributed by atoms with E-state index >= 15 is 0 Å². The molecular formula is C15H20F3Se. The van der Waals surface area contributed by atoms with E-state index in [-0.39, 0.29) is 0 Å². The summed E-state index contributed by atoms with van der Waals surface area (Å²) in [5.74, 6) is 5.31. The molecule has 0 saturated heterocycles. The van der Waals surface area contributed by atoms with E-state index in [1.807, 2.05) is 0 Å². The van der Waals surface area contributed by atoms with Crippen LogP contribution < -0.4 is 0 Å². The molecule has 0 spiro atoms. The van der Waals surface area contributed by atoms with E-state index in [1.54, 1.807) is 0 Å². The van der Waals surface area contributed by atoms with Crippen LogP contribution in [-0.4, -0.2) is 22.2 Å². The third-order valence-electron chi connectivity index (χ3n) is 6.89. The molecule has 1 radical (unpaired) electrons. The van der Waals surface area contributed by atoms with Crippen LogP contribution in [-0.2, 0) is 0 Å². The van der Waals surface area contributed by atoms with Crippen molar-refractivity contribution in [2.75, 3.05) is 0 Å². The topological polar surface area (TPSA) is 0 Å². The first kappa shape index (κ1) is 13.0. The molecule has 4 aliphatic rings. The molecule has 4 heteroatoms. The monoisotopic (exact) mass is 337 g/mol. The average molecular weight is 336 g/mol. The van der Waals surface area contributed by atoms with Crippen molar-refractivity contribution in [3.8, 4) is 0 Å². The molecule has 0 nitrogen and oxygen atoms in total. The Morgan fingerprint density at radius 2 is 1.63 bits per heavy atom. The second-order valence-corrected chi connectivity index (χ2v) is 9.54. The second kappa shape index (κ2) is 3.74. The number of halogens is 3. The molecule has 0 aliphatic heterocycles. The molecule has 8 unspecified atom stereocenters. The van der Waals surface area contributed by atoms with Gasteiger partial charge in [0.15, 0.2) is 0 Å². The van der Waals surface area contributed by atoms with Crippen LogP contribution in [0.1, 0.15) is 39.0 Å². The van der Waals surface area contributed by atoms with Crippen molar-refractivity contribution in [2.45, 2.75) is 49.5 Å². The van der Waals surface area contributed by atoms with Gasteiger partial charge in [0.05, 0.1) is 0 Å². The van der Waals surface area contributed by atoms with Gasteiger partial charge in [-0.25, -0.2) is 0 Å². The molecule has 0 aromatic rings. The molecule has 0 aromatic heterocycles. The van der Waals surface area contributed by atoms with E-state index in [2.05, 4.69) is 16.0 Å². The third-order valence-corrected chi connectivity index (χ3v) is 7.73. The van der Waals surface area contributed by atoms with Crippen LogP contribution in [0.3, 0.4) is 0 Å². The Bertz CT molecular complexity index is 403. The number of alkyl halides is 3. The predicted molar refractivity (Wildman–Crippen MR) is 67.7 cm³/mol. The summed E-state index contributed by atoms with van der Waals surface area (Å²) in [5, 5.41) is 0. The van der Waals surface area contributed by atoms with Crippen LogP contribution in [0.2, 0.25) is 4.31 Å². The Kier molecular flexibility index (Phi) is 2.56. The summed E-state index contributed by atoms with van der Waals surface area (Å²) in [6.07, 6.45) is 1.27. The number of fused-ring (bicyclic) bond motifs is 8. The van der Waals surface area contributed by atoms with Gasteiger partial charge in [-0.1, -0.05) is 0 Å². The molecule has 8 atom stereocenters. The fourth-order valence-corrected chi connectivity index (χ4v) is 6.49. The minimum absolute atomic E-state index is 0.304. The van der Waals surface area contributed by atoms with Crippen LogP contribution in [0, 0.1) is 41.4 Å². The van der Waals surface area contributed by atoms with E-state index in [1.165, 1.54) is 26.2 Å². The normalized spacial score (nSPS) is 53.8. The average Bonchev–Trinajstić information content (AvgIpc) is 2.72. The van der Waals surface area contributed by atoms with Crippen molar-refractivity contribution in [1.29, 1.82) is 0 Å². The van der Waals surface area contributed by atoms with Crippen molar-refractivity contribution >= 4 is 16.0 Å². The Morgan fingerprint density at radius 1 is 1.00 bits per heavy atom. The van der Waals surface area contributed by atoms with Gasteiger partial charge in [-0.2, -0.15) is 0 Å². The fourth-order valence-electron chi connectivity index (χ4n) is 6.04. The summed E-state index contributed by atoms with van der Waals surface area (Å²) >= 11 is 2.43. The first-order valence-electron chi connectivity index (χ1n) is 7.57. The maximum absolute atomic E-state index is 13.0. The van der Waals surface area contributed by atoms with Gasteiger partial charge in [-0.3, -0.25) is 0 Å². The van der Waals surface area contributed by atoms with Crippen molar-refractivity contribution in [2.24, 2.45) is 41.4 Å². The molecule has 0 N–H and O–H groups in total. The Labute approximate surface area is 120 Å². The quantitative estimate of drug-likeness (QED) is 0.663. The first-order chi connectivity index (χ1) is 8.79. The van der Waals surface area contributed by atoms with Crippen LogP contribution in [0.4, 0.5) is 13.2 Å².